The molecule has 0 fully saturated rings. The van der Waals surface area contributed by atoms with Gasteiger partial charge in [-0.05, 0) is 20.8 Å². The number of imidazole rings is 1. The number of aromatic amines is 2. The van der Waals surface area contributed by atoms with Gasteiger partial charge in [0.05, 0.1) is 6.61 Å². The zero-order valence-electron chi connectivity index (χ0n) is 10.9. The fraction of sp³-hybridized carbons (Fsp3) is 0.455. The monoisotopic (exact) mass is 265 g/mol. The van der Waals surface area contributed by atoms with E-state index in [4.69, 9.17) is 10.5 Å². The fourth-order valence-corrected chi connectivity index (χ4v) is 1.63. The standard InChI is InChI=1S/C11H15N5O3/c1-4-19-9(18)11(2,3)8-13-5-6(14-8)15-10(12)16-7(5)17/h4H2,1-3H3,(H4,12,13,14,15,16,17). The van der Waals surface area contributed by atoms with Crippen LogP contribution in [0.3, 0.4) is 0 Å². The molecule has 2 rings (SSSR count). The van der Waals surface area contributed by atoms with E-state index in [-0.39, 0.29) is 23.7 Å². The van der Waals surface area contributed by atoms with Gasteiger partial charge in [0.25, 0.3) is 5.56 Å². The number of aromatic nitrogens is 4. The van der Waals surface area contributed by atoms with E-state index in [1.165, 1.54) is 0 Å². The minimum absolute atomic E-state index is 0.0236. The van der Waals surface area contributed by atoms with Gasteiger partial charge in [0.1, 0.15) is 11.2 Å². The van der Waals surface area contributed by atoms with Crippen LogP contribution in [0.2, 0.25) is 0 Å². The summed E-state index contributed by atoms with van der Waals surface area (Å²) in [5.41, 5.74) is 4.36. The molecule has 8 heteroatoms. The third-order valence-electron chi connectivity index (χ3n) is 2.76. The largest absolute Gasteiger partial charge is 0.465 e. The van der Waals surface area contributed by atoms with Crippen molar-refractivity contribution >= 4 is 23.1 Å². The molecule has 0 bridgehead atoms. The predicted octanol–water partition coefficient (Wildman–Crippen LogP) is 0.0691. The number of H-pyrrole nitrogens is 2. The van der Waals surface area contributed by atoms with Crippen molar-refractivity contribution in [3.63, 3.8) is 0 Å². The second kappa shape index (κ2) is 4.38. The third-order valence-corrected chi connectivity index (χ3v) is 2.76. The number of hydrogen-bond acceptors (Lipinski definition) is 6. The van der Waals surface area contributed by atoms with Crippen molar-refractivity contribution in [2.24, 2.45) is 0 Å². The Bertz CT molecular complexity index is 685. The average Bonchev–Trinajstić information content (AvgIpc) is 2.73. The van der Waals surface area contributed by atoms with Crippen molar-refractivity contribution in [2.75, 3.05) is 12.3 Å². The second-order valence-electron chi connectivity index (χ2n) is 4.58. The summed E-state index contributed by atoms with van der Waals surface area (Å²) in [5.74, 6) is -0.146. The van der Waals surface area contributed by atoms with Gasteiger partial charge in [0, 0.05) is 0 Å². The molecule has 2 heterocycles. The Hall–Kier alpha value is -2.38. The zero-order chi connectivity index (χ0) is 14.2. The number of hydrogen-bond donors (Lipinski definition) is 3. The highest BCUT2D eigenvalue weighted by Gasteiger charge is 2.35. The van der Waals surface area contributed by atoms with E-state index in [1.807, 2.05) is 0 Å². The van der Waals surface area contributed by atoms with E-state index in [0.29, 0.717) is 5.82 Å². The minimum atomic E-state index is -1.00. The summed E-state index contributed by atoms with van der Waals surface area (Å²) in [5, 5.41) is 0. The smallest absolute Gasteiger partial charge is 0.319 e. The second-order valence-corrected chi connectivity index (χ2v) is 4.58. The predicted molar refractivity (Wildman–Crippen MR) is 68.6 cm³/mol. The summed E-state index contributed by atoms with van der Waals surface area (Å²) in [4.78, 5) is 36.8. The molecule has 2 aromatic heterocycles. The molecule has 0 radical (unpaired) electrons. The van der Waals surface area contributed by atoms with Crippen LogP contribution in [0.5, 0.6) is 0 Å². The van der Waals surface area contributed by atoms with Crippen molar-refractivity contribution < 1.29 is 9.53 Å². The van der Waals surface area contributed by atoms with Gasteiger partial charge in [0.2, 0.25) is 5.95 Å². The van der Waals surface area contributed by atoms with Crippen LogP contribution in [0.25, 0.3) is 11.2 Å². The maximum atomic E-state index is 11.9. The molecule has 0 atom stereocenters. The number of carbonyl (C=O) groups excluding carboxylic acids is 1. The molecule has 0 saturated carbocycles. The first-order valence-electron chi connectivity index (χ1n) is 5.79. The van der Waals surface area contributed by atoms with Gasteiger partial charge < -0.3 is 15.5 Å². The van der Waals surface area contributed by atoms with E-state index in [2.05, 4.69) is 19.9 Å². The maximum absolute atomic E-state index is 11.9. The van der Waals surface area contributed by atoms with E-state index in [0.717, 1.165) is 0 Å². The number of esters is 1. The lowest BCUT2D eigenvalue weighted by atomic mass is 9.93. The first kappa shape index (κ1) is 13.1. The van der Waals surface area contributed by atoms with E-state index in [1.54, 1.807) is 20.8 Å². The molecule has 0 aromatic carbocycles. The number of carbonyl (C=O) groups is 1. The molecular formula is C11H15N5O3. The Balaban J connectivity index is 2.55. The Labute approximate surface area is 108 Å². The first-order valence-corrected chi connectivity index (χ1v) is 5.79. The molecule has 4 N–H and O–H groups in total. The lowest BCUT2D eigenvalue weighted by Crippen LogP contribution is -2.32. The van der Waals surface area contributed by atoms with E-state index < -0.39 is 16.9 Å². The van der Waals surface area contributed by atoms with Crippen molar-refractivity contribution in [2.45, 2.75) is 26.2 Å². The Morgan fingerprint density at radius 3 is 2.68 bits per heavy atom. The lowest BCUT2D eigenvalue weighted by molar-refractivity contribution is -0.149. The number of rotatable bonds is 3. The average molecular weight is 265 g/mol. The number of nitrogens with zero attached hydrogens (tertiary/aromatic N) is 2. The molecule has 0 aliphatic heterocycles. The van der Waals surface area contributed by atoms with Crippen LogP contribution in [0.1, 0.15) is 26.6 Å². The summed E-state index contributed by atoms with van der Waals surface area (Å²) in [6.45, 7) is 5.30. The topological polar surface area (TPSA) is 127 Å². The molecule has 0 aliphatic rings. The van der Waals surface area contributed by atoms with Gasteiger partial charge in [-0.2, -0.15) is 4.98 Å². The number of ether oxygens (including phenoxy) is 1. The zero-order valence-corrected chi connectivity index (χ0v) is 10.9. The number of nitrogens with one attached hydrogen (secondary N) is 2. The highest BCUT2D eigenvalue weighted by molar-refractivity contribution is 5.82. The van der Waals surface area contributed by atoms with E-state index >= 15 is 0 Å². The summed E-state index contributed by atoms with van der Waals surface area (Å²) >= 11 is 0. The van der Waals surface area contributed by atoms with Gasteiger partial charge in [-0.3, -0.25) is 14.6 Å². The van der Waals surface area contributed by atoms with E-state index in [9.17, 15) is 9.59 Å². The Kier molecular flexibility index (Phi) is 3.01. The van der Waals surface area contributed by atoms with Crippen LogP contribution < -0.4 is 11.3 Å². The number of nitrogens with two attached hydrogens (primary N) is 1. The van der Waals surface area contributed by atoms with Crippen LogP contribution >= 0.6 is 0 Å². The van der Waals surface area contributed by atoms with Gasteiger partial charge in [-0.1, -0.05) is 0 Å². The van der Waals surface area contributed by atoms with Gasteiger partial charge >= 0.3 is 5.97 Å². The molecule has 0 aliphatic carbocycles. The Morgan fingerprint density at radius 1 is 1.37 bits per heavy atom. The molecule has 0 amide bonds. The van der Waals surface area contributed by atoms with Crippen LogP contribution in [-0.4, -0.2) is 32.5 Å². The molecular weight excluding hydrogens is 250 g/mol. The number of anilines is 1. The van der Waals surface area contributed by atoms with Gasteiger partial charge in [-0.15, -0.1) is 0 Å². The minimum Gasteiger partial charge on any atom is -0.465 e. The summed E-state index contributed by atoms with van der Waals surface area (Å²) in [6.07, 6.45) is 0. The number of fused-ring (bicyclic) bond motifs is 1. The quantitative estimate of drug-likeness (QED) is 0.674. The van der Waals surface area contributed by atoms with Crippen molar-refractivity contribution in [1.29, 1.82) is 0 Å². The van der Waals surface area contributed by atoms with Crippen LogP contribution in [0, 0.1) is 0 Å². The lowest BCUT2D eigenvalue weighted by Gasteiger charge is -2.19. The van der Waals surface area contributed by atoms with Gasteiger partial charge in [-0.25, -0.2) is 4.98 Å². The molecule has 0 unspecified atom stereocenters. The highest BCUT2D eigenvalue weighted by Crippen LogP contribution is 2.23. The maximum Gasteiger partial charge on any atom is 0.319 e. The molecule has 19 heavy (non-hydrogen) atoms. The molecule has 0 saturated heterocycles. The first-order chi connectivity index (χ1) is 8.86. The van der Waals surface area contributed by atoms with Crippen molar-refractivity contribution in [3.8, 4) is 0 Å². The van der Waals surface area contributed by atoms with Gasteiger partial charge in [0.15, 0.2) is 11.2 Å². The molecule has 0 spiro atoms. The van der Waals surface area contributed by atoms with Crippen molar-refractivity contribution in [3.05, 3.63) is 16.2 Å². The van der Waals surface area contributed by atoms with Crippen LogP contribution in [0.4, 0.5) is 5.95 Å². The fourth-order valence-electron chi connectivity index (χ4n) is 1.63. The molecule has 102 valence electrons. The summed E-state index contributed by atoms with van der Waals surface area (Å²) in [7, 11) is 0. The summed E-state index contributed by atoms with van der Waals surface area (Å²) < 4.78 is 4.98. The number of nitrogen functional groups attached to an aromatic ring is 1. The molecule has 2 aromatic rings. The third kappa shape index (κ3) is 2.16. The normalized spacial score (nSPS) is 11.7. The van der Waals surface area contributed by atoms with Crippen molar-refractivity contribution in [1.82, 2.24) is 19.9 Å². The van der Waals surface area contributed by atoms with Crippen LogP contribution in [0.15, 0.2) is 4.79 Å². The summed E-state index contributed by atoms with van der Waals surface area (Å²) in [6, 6.07) is 0. The van der Waals surface area contributed by atoms with Crippen LogP contribution in [-0.2, 0) is 14.9 Å². The molecule has 8 nitrogen and oxygen atoms in total. The highest BCUT2D eigenvalue weighted by atomic mass is 16.5. The SMILES string of the molecule is CCOC(=O)C(C)(C)c1nc2nc(N)[nH]c(=O)c2[nH]1. The Morgan fingerprint density at radius 2 is 2.05 bits per heavy atom.